The van der Waals surface area contributed by atoms with Gasteiger partial charge in [-0.05, 0) is 31.2 Å². The summed E-state index contributed by atoms with van der Waals surface area (Å²) in [5.41, 5.74) is 1.14. The van der Waals surface area contributed by atoms with Gasteiger partial charge in [-0.2, -0.15) is 26.3 Å². The first-order valence-corrected chi connectivity index (χ1v) is 7.79. The van der Waals surface area contributed by atoms with E-state index in [1.165, 1.54) is 16.9 Å². The fourth-order valence-corrected chi connectivity index (χ4v) is 2.50. The summed E-state index contributed by atoms with van der Waals surface area (Å²) in [7, 11) is -4.25. The van der Waals surface area contributed by atoms with Crippen LogP contribution >= 0.6 is 0 Å². The minimum absolute atomic E-state index is 0.101. The summed E-state index contributed by atoms with van der Waals surface area (Å²) in [6, 6.07) is 6.50. The van der Waals surface area contributed by atoms with Crippen LogP contribution < -0.4 is 14.8 Å². The van der Waals surface area contributed by atoms with E-state index < -0.39 is 22.9 Å². The summed E-state index contributed by atoms with van der Waals surface area (Å²) in [5, 5.41) is 3.19. The number of hydrogen-bond donors (Lipinski definition) is 3. The van der Waals surface area contributed by atoms with Gasteiger partial charge in [-0.15, -0.1) is 0 Å². The first kappa shape index (κ1) is 17.7. The summed E-state index contributed by atoms with van der Waals surface area (Å²) >= 11 is 0. The maximum Gasteiger partial charge on any atom is 0.402 e. The van der Waals surface area contributed by atoms with Gasteiger partial charge in [0.05, 0.1) is 0 Å². The normalized spacial score (nSPS) is 14.0. The van der Waals surface area contributed by atoms with Crippen molar-refractivity contribution in [2.45, 2.75) is 26.1 Å². The molecule has 1 atom stereocenters. The Morgan fingerprint density at radius 1 is 1.19 bits per heavy atom. The molecule has 120 valence electrons. The largest absolute Gasteiger partial charge is 0.402 e. The third-order valence-electron chi connectivity index (χ3n) is 2.64. The van der Waals surface area contributed by atoms with Gasteiger partial charge in [-0.25, -0.2) is 0 Å². The highest BCUT2D eigenvalue weighted by Crippen LogP contribution is 2.17. The molecule has 3 N–H and O–H groups in total. The van der Waals surface area contributed by atoms with Crippen LogP contribution in [-0.4, -0.2) is 27.7 Å². The number of alkyl halides is 3. The van der Waals surface area contributed by atoms with Gasteiger partial charge in [0.1, 0.15) is 6.54 Å². The minimum atomic E-state index is -4.60. The second kappa shape index (κ2) is 7.10. The van der Waals surface area contributed by atoms with Crippen LogP contribution in [0.2, 0.25) is 0 Å². The molecule has 1 rings (SSSR count). The van der Waals surface area contributed by atoms with Crippen LogP contribution in [0.25, 0.3) is 0 Å². The molecule has 0 radical (unpaired) electrons. The summed E-state index contributed by atoms with van der Waals surface area (Å²) in [6.45, 7) is 3.09. The molecule has 0 aromatic heterocycles. The number of halogens is 3. The fraction of sp³-hybridized carbons (Fsp3) is 0.500. The average molecular weight is 325 g/mol. The van der Waals surface area contributed by atoms with Crippen molar-refractivity contribution in [1.29, 1.82) is 0 Å². The van der Waals surface area contributed by atoms with Crippen molar-refractivity contribution in [3.05, 3.63) is 29.8 Å². The second-order valence-corrected chi connectivity index (χ2v) is 5.94. The lowest BCUT2D eigenvalue weighted by Crippen LogP contribution is -2.37. The van der Waals surface area contributed by atoms with Crippen molar-refractivity contribution in [1.82, 2.24) is 10.0 Å². The maximum atomic E-state index is 12.0. The predicted octanol–water partition coefficient (Wildman–Crippen LogP) is 2.17. The van der Waals surface area contributed by atoms with Crippen molar-refractivity contribution >= 4 is 15.9 Å². The van der Waals surface area contributed by atoms with Gasteiger partial charge in [-0.1, -0.05) is 19.1 Å². The van der Waals surface area contributed by atoms with E-state index in [9.17, 15) is 21.6 Å². The lowest BCUT2D eigenvalue weighted by Gasteiger charge is -2.14. The molecule has 5 nitrogen and oxygen atoms in total. The molecular weight excluding hydrogens is 307 g/mol. The van der Waals surface area contributed by atoms with E-state index in [0.717, 1.165) is 12.1 Å². The molecule has 0 aliphatic carbocycles. The van der Waals surface area contributed by atoms with Crippen LogP contribution in [-0.2, 0) is 10.2 Å². The van der Waals surface area contributed by atoms with Crippen LogP contribution in [0.5, 0.6) is 0 Å². The zero-order valence-electron chi connectivity index (χ0n) is 11.7. The second-order valence-electron chi connectivity index (χ2n) is 4.44. The number of nitrogens with one attached hydrogen (secondary N) is 3. The monoisotopic (exact) mass is 325 g/mol. The molecule has 0 aliphatic heterocycles. The Kier molecular flexibility index (Phi) is 5.99. The first-order valence-electron chi connectivity index (χ1n) is 6.30. The van der Waals surface area contributed by atoms with Gasteiger partial charge in [0.25, 0.3) is 10.2 Å². The first-order chi connectivity index (χ1) is 9.63. The van der Waals surface area contributed by atoms with Gasteiger partial charge in [0, 0.05) is 11.7 Å². The number of benzene rings is 1. The molecule has 1 aromatic carbocycles. The number of anilines is 1. The van der Waals surface area contributed by atoms with Crippen LogP contribution in [0.1, 0.15) is 25.5 Å². The molecule has 0 aliphatic rings. The van der Waals surface area contributed by atoms with Crippen molar-refractivity contribution in [3.8, 4) is 0 Å². The van der Waals surface area contributed by atoms with Crippen molar-refractivity contribution in [3.63, 3.8) is 0 Å². The van der Waals surface area contributed by atoms with Crippen molar-refractivity contribution < 1.29 is 21.6 Å². The van der Waals surface area contributed by atoms with E-state index >= 15 is 0 Å². The van der Waals surface area contributed by atoms with E-state index in [-0.39, 0.29) is 11.7 Å². The van der Waals surface area contributed by atoms with E-state index in [1.807, 2.05) is 18.6 Å². The van der Waals surface area contributed by atoms with E-state index in [0.29, 0.717) is 0 Å². The minimum Gasteiger partial charge on any atom is -0.310 e. The number of rotatable bonds is 7. The molecule has 0 fully saturated rings. The van der Waals surface area contributed by atoms with Gasteiger partial charge in [0.2, 0.25) is 0 Å². The van der Waals surface area contributed by atoms with Gasteiger partial charge < -0.3 is 5.32 Å². The molecule has 1 unspecified atom stereocenters. The lowest BCUT2D eigenvalue weighted by atomic mass is 10.1. The molecule has 0 spiro atoms. The van der Waals surface area contributed by atoms with Crippen LogP contribution in [0, 0.1) is 0 Å². The lowest BCUT2D eigenvalue weighted by molar-refractivity contribution is -0.121. The van der Waals surface area contributed by atoms with E-state index in [1.54, 1.807) is 12.1 Å². The molecule has 0 amide bonds. The topological polar surface area (TPSA) is 70.2 Å². The summed E-state index contributed by atoms with van der Waals surface area (Å²) in [5.74, 6) is 0. The Hall–Kier alpha value is -1.32. The Morgan fingerprint density at radius 3 is 2.24 bits per heavy atom. The Bertz CT molecular complexity index is 544. The highest BCUT2D eigenvalue weighted by Gasteiger charge is 2.29. The van der Waals surface area contributed by atoms with Crippen molar-refractivity contribution in [2.24, 2.45) is 0 Å². The van der Waals surface area contributed by atoms with Gasteiger partial charge in [-0.3, -0.25) is 4.72 Å². The van der Waals surface area contributed by atoms with Crippen LogP contribution in [0.3, 0.4) is 0 Å². The Morgan fingerprint density at radius 2 is 1.76 bits per heavy atom. The summed E-state index contributed by atoms with van der Waals surface area (Å²) in [4.78, 5) is 0. The predicted molar refractivity (Wildman–Crippen MR) is 75.1 cm³/mol. The Labute approximate surface area is 122 Å². The van der Waals surface area contributed by atoms with Crippen LogP contribution in [0.4, 0.5) is 18.9 Å². The molecule has 0 bridgehead atoms. The third-order valence-corrected chi connectivity index (χ3v) is 3.66. The molecule has 0 saturated carbocycles. The number of hydrogen-bond acceptors (Lipinski definition) is 3. The Balaban J connectivity index is 2.66. The highest BCUT2D eigenvalue weighted by atomic mass is 32.2. The maximum absolute atomic E-state index is 12.0. The zero-order valence-corrected chi connectivity index (χ0v) is 12.5. The molecular formula is C12H18F3N3O2S. The summed E-state index contributed by atoms with van der Waals surface area (Å²) in [6.07, 6.45) is -4.60. The SMILES string of the molecule is CCNC(C)c1ccc(NS(=O)(=O)NCC(F)(F)F)cc1. The van der Waals surface area contributed by atoms with Crippen LogP contribution in [0.15, 0.2) is 24.3 Å². The smallest absolute Gasteiger partial charge is 0.310 e. The summed E-state index contributed by atoms with van der Waals surface area (Å²) < 4.78 is 62.3. The quantitative estimate of drug-likeness (QED) is 0.719. The molecule has 1 aromatic rings. The fourth-order valence-electron chi connectivity index (χ4n) is 1.63. The van der Waals surface area contributed by atoms with E-state index in [2.05, 4.69) is 5.32 Å². The molecule has 9 heteroatoms. The molecule has 21 heavy (non-hydrogen) atoms. The molecule has 0 heterocycles. The standard InChI is InChI=1S/C12H18F3N3O2S/c1-3-16-9(2)10-4-6-11(7-5-10)18-21(19,20)17-8-12(13,14)15/h4-7,9,16-18H,3,8H2,1-2H3. The third kappa shape index (κ3) is 6.78. The zero-order chi connectivity index (χ0) is 16.1. The van der Waals surface area contributed by atoms with E-state index in [4.69, 9.17) is 0 Å². The van der Waals surface area contributed by atoms with Gasteiger partial charge in [0.15, 0.2) is 0 Å². The van der Waals surface area contributed by atoms with Gasteiger partial charge >= 0.3 is 6.18 Å². The average Bonchev–Trinajstić information content (AvgIpc) is 2.36. The molecule has 0 saturated heterocycles. The highest BCUT2D eigenvalue weighted by molar-refractivity contribution is 7.90. The van der Waals surface area contributed by atoms with Crippen molar-refractivity contribution in [2.75, 3.05) is 17.8 Å².